The van der Waals surface area contributed by atoms with E-state index in [1.54, 1.807) is 18.9 Å². The van der Waals surface area contributed by atoms with Gasteiger partial charge in [-0.15, -0.1) is 11.3 Å². The van der Waals surface area contributed by atoms with Crippen LogP contribution in [0.1, 0.15) is 81.7 Å². The van der Waals surface area contributed by atoms with Gasteiger partial charge in [-0.2, -0.15) is 0 Å². The average Bonchev–Trinajstić information content (AvgIpc) is 3.76. The molecule has 5 atom stereocenters. The van der Waals surface area contributed by atoms with Crippen molar-refractivity contribution < 1.29 is 19.2 Å². The number of amides is 4. The number of aryl methyl sites for hydroxylation is 1. The fraction of sp³-hybridized carbons (Fsp3) is 0.588. The van der Waals surface area contributed by atoms with E-state index in [2.05, 4.69) is 49.0 Å². The van der Waals surface area contributed by atoms with Gasteiger partial charge in [-0.3, -0.25) is 19.2 Å². The number of unbranched alkanes of at least 4 members (excludes halogenated alkanes) is 1. The van der Waals surface area contributed by atoms with Gasteiger partial charge in [0.2, 0.25) is 23.6 Å². The van der Waals surface area contributed by atoms with Crippen molar-refractivity contribution >= 4 is 57.3 Å². The van der Waals surface area contributed by atoms with E-state index in [1.807, 2.05) is 31.5 Å². The zero-order valence-corrected chi connectivity index (χ0v) is 30.0. The lowest BCUT2D eigenvalue weighted by Crippen LogP contribution is -2.55. The monoisotopic (exact) mass is 698 g/mol. The molecule has 0 spiro atoms. The molecule has 12 nitrogen and oxygen atoms in total. The summed E-state index contributed by atoms with van der Waals surface area (Å²) in [6.07, 6.45) is 5.95. The Balaban J connectivity index is 1.28. The van der Waals surface area contributed by atoms with Crippen LogP contribution >= 0.6 is 23.6 Å². The third-order valence-electron chi connectivity index (χ3n) is 9.16. The predicted molar refractivity (Wildman–Crippen MR) is 193 cm³/mol. The number of likely N-dealkylation sites (tertiary alicyclic amines) is 1. The molecule has 0 bridgehead atoms. The van der Waals surface area contributed by atoms with Crippen molar-refractivity contribution in [2.75, 3.05) is 32.5 Å². The first-order valence-electron chi connectivity index (χ1n) is 17.0. The molecule has 1 aromatic heterocycles. The summed E-state index contributed by atoms with van der Waals surface area (Å²) in [6.45, 7) is 4.58. The molecule has 48 heavy (non-hydrogen) atoms. The van der Waals surface area contributed by atoms with Gasteiger partial charge in [-0.05, 0) is 90.4 Å². The second-order valence-electron chi connectivity index (χ2n) is 12.6. The maximum Gasteiger partial charge on any atom is 0.245 e. The second kappa shape index (κ2) is 18.3. The van der Waals surface area contributed by atoms with Gasteiger partial charge < -0.3 is 36.8 Å². The summed E-state index contributed by atoms with van der Waals surface area (Å²) in [4.78, 5) is 59.6. The molecule has 2 aromatic rings. The van der Waals surface area contributed by atoms with E-state index in [4.69, 9.17) is 12.2 Å². The predicted octanol–water partition coefficient (Wildman–Crippen LogP) is 2.60. The van der Waals surface area contributed by atoms with Crippen molar-refractivity contribution in [1.29, 1.82) is 0 Å². The number of nitrogens with zero attached hydrogens (tertiary/aromatic N) is 2. The highest BCUT2D eigenvalue weighted by atomic mass is 32.1. The lowest BCUT2D eigenvalue weighted by atomic mass is 9.87. The number of likely N-dealkylation sites (N-methyl/N-ethyl adjacent to an activating group) is 2. The topological polar surface area (TPSA) is 157 Å². The van der Waals surface area contributed by atoms with Gasteiger partial charge >= 0.3 is 0 Å². The standard InChI is InChI=1S/C34H50N8O4S2/c1-21(35-3)30(44)40-27(14-7-8-17-37-29(43)19-24-20-48-34(38-24)41-32(47)22(2)36-4)33(46)42-18-10-16-28(42)31(45)39-26-15-9-12-23-11-5-6-13-25(23)26/h5-6,11,13,20-22,26-28,35-36H,7-10,12,14-19H2,1-4H3,(H,37,43)(H,39,45)(H,40,44)(H,38,41,47)/t21?,22?,26?,27-,28?/m0/s1. The number of aromatic nitrogens is 1. The van der Waals surface area contributed by atoms with Gasteiger partial charge in [0.15, 0.2) is 5.13 Å². The maximum atomic E-state index is 13.9. The summed E-state index contributed by atoms with van der Waals surface area (Å²) in [6, 6.07) is 6.32. The Morgan fingerprint density at radius 2 is 1.81 bits per heavy atom. The highest BCUT2D eigenvalue weighted by Gasteiger charge is 2.38. The summed E-state index contributed by atoms with van der Waals surface area (Å²) in [5.41, 5.74) is 3.07. The number of nitrogens with one attached hydrogen (secondary N) is 6. The lowest BCUT2D eigenvalue weighted by molar-refractivity contribution is -0.142. The summed E-state index contributed by atoms with van der Waals surface area (Å²) in [5.74, 6) is -0.805. The van der Waals surface area contributed by atoms with Crippen LogP contribution < -0.4 is 31.9 Å². The second-order valence-corrected chi connectivity index (χ2v) is 13.9. The van der Waals surface area contributed by atoms with Gasteiger partial charge in [-0.25, -0.2) is 4.98 Å². The molecule has 1 fully saturated rings. The molecule has 4 unspecified atom stereocenters. The van der Waals surface area contributed by atoms with Crippen LogP contribution in [0.3, 0.4) is 0 Å². The largest absolute Gasteiger partial charge is 0.356 e. The first-order valence-corrected chi connectivity index (χ1v) is 18.3. The number of carbonyl (C=O) groups is 4. The number of hydrogen-bond donors (Lipinski definition) is 6. The molecule has 0 radical (unpaired) electrons. The van der Waals surface area contributed by atoms with Crippen LogP contribution in [0, 0.1) is 0 Å². The Morgan fingerprint density at radius 3 is 2.58 bits per heavy atom. The summed E-state index contributed by atoms with van der Waals surface area (Å²) in [5, 5.41) is 20.6. The fourth-order valence-corrected chi connectivity index (χ4v) is 7.08. The van der Waals surface area contributed by atoms with Crippen LogP contribution in [0.4, 0.5) is 5.13 Å². The molecule has 1 aliphatic carbocycles. The van der Waals surface area contributed by atoms with Crippen molar-refractivity contribution in [2.24, 2.45) is 0 Å². The minimum absolute atomic E-state index is 0.00634. The molecular formula is C34H50N8O4S2. The van der Waals surface area contributed by atoms with Crippen LogP contribution in [0.15, 0.2) is 29.6 Å². The number of benzene rings is 1. The number of thiazole rings is 1. The fourth-order valence-electron chi connectivity index (χ4n) is 6.08. The third kappa shape index (κ3) is 10.3. The Kier molecular flexibility index (Phi) is 14.3. The number of fused-ring (bicyclic) bond motifs is 1. The first-order chi connectivity index (χ1) is 23.1. The van der Waals surface area contributed by atoms with Crippen molar-refractivity contribution in [3.8, 4) is 0 Å². The minimum Gasteiger partial charge on any atom is -0.356 e. The average molecular weight is 699 g/mol. The van der Waals surface area contributed by atoms with Crippen molar-refractivity contribution in [1.82, 2.24) is 36.5 Å². The number of rotatable bonds is 16. The summed E-state index contributed by atoms with van der Waals surface area (Å²) < 4.78 is 0. The van der Waals surface area contributed by atoms with Crippen molar-refractivity contribution in [3.05, 3.63) is 46.5 Å². The van der Waals surface area contributed by atoms with E-state index in [0.717, 1.165) is 31.2 Å². The molecule has 2 aliphatic rings. The summed E-state index contributed by atoms with van der Waals surface area (Å²) in [7, 11) is 3.52. The molecule has 6 N–H and O–H groups in total. The Labute approximate surface area is 293 Å². The molecule has 1 saturated heterocycles. The van der Waals surface area contributed by atoms with Crippen LogP contribution in [0.5, 0.6) is 0 Å². The van der Waals surface area contributed by atoms with E-state index < -0.39 is 18.1 Å². The molecule has 1 aromatic carbocycles. The van der Waals surface area contributed by atoms with Crippen molar-refractivity contribution in [2.45, 2.75) is 102 Å². The van der Waals surface area contributed by atoms with E-state index in [-0.39, 0.29) is 42.1 Å². The number of anilines is 1. The minimum atomic E-state index is -0.773. The van der Waals surface area contributed by atoms with E-state index in [1.165, 1.54) is 16.9 Å². The Hall–Kier alpha value is -3.46. The molecule has 2 heterocycles. The Bertz CT molecular complexity index is 1440. The van der Waals surface area contributed by atoms with Crippen molar-refractivity contribution in [3.63, 3.8) is 0 Å². The molecular weight excluding hydrogens is 649 g/mol. The summed E-state index contributed by atoms with van der Waals surface area (Å²) >= 11 is 6.74. The normalized spacial score (nSPS) is 19.0. The maximum absolute atomic E-state index is 13.9. The highest BCUT2D eigenvalue weighted by Crippen LogP contribution is 2.30. The van der Waals surface area contributed by atoms with Crippen LogP contribution in [0.25, 0.3) is 0 Å². The van der Waals surface area contributed by atoms with Gasteiger partial charge in [0.25, 0.3) is 0 Å². The zero-order chi connectivity index (χ0) is 34.6. The van der Waals surface area contributed by atoms with E-state index >= 15 is 0 Å². The molecule has 262 valence electrons. The SMILES string of the molecule is CNC(C)C(=O)N[C@@H](CCCCNC(=O)Cc1csc(NC(=S)C(C)NC)n1)C(=O)N1CCCC1C(=O)NC1CCCc2ccccc21. The molecule has 1 aliphatic heterocycles. The number of hydrogen-bond acceptors (Lipinski definition) is 9. The molecule has 0 saturated carbocycles. The van der Waals surface area contributed by atoms with Crippen LogP contribution in [-0.4, -0.2) is 89.9 Å². The quantitative estimate of drug-likeness (QED) is 0.115. The smallest absolute Gasteiger partial charge is 0.245 e. The van der Waals surface area contributed by atoms with Crippen LogP contribution in [-0.2, 0) is 32.0 Å². The highest BCUT2D eigenvalue weighted by molar-refractivity contribution is 7.80. The van der Waals surface area contributed by atoms with E-state index in [0.29, 0.717) is 54.6 Å². The van der Waals surface area contributed by atoms with Gasteiger partial charge in [-0.1, -0.05) is 36.5 Å². The van der Waals surface area contributed by atoms with Gasteiger partial charge in [0, 0.05) is 18.5 Å². The number of carbonyl (C=O) groups excluding carboxylic acids is 4. The van der Waals surface area contributed by atoms with Crippen LogP contribution in [0.2, 0.25) is 0 Å². The molecule has 14 heteroatoms. The molecule has 4 rings (SSSR count). The lowest BCUT2D eigenvalue weighted by Gasteiger charge is -2.32. The third-order valence-corrected chi connectivity index (χ3v) is 10.4. The van der Waals surface area contributed by atoms with Gasteiger partial charge in [0.1, 0.15) is 12.1 Å². The zero-order valence-electron chi connectivity index (χ0n) is 28.4. The number of thiocarbonyl (C=S) groups is 1. The molecule has 4 amide bonds. The van der Waals surface area contributed by atoms with Gasteiger partial charge in [0.05, 0.1) is 35.2 Å². The van der Waals surface area contributed by atoms with E-state index in [9.17, 15) is 19.2 Å². The Morgan fingerprint density at radius 1 is 1.04 bits per heavy atom. The first kappa shape index (κ1) is 37.4.